The Kier molecular flexibility index (Phi) is 48.3. The molecule has 47 heavy (non-hydrogen) atoms. The van der Waals surface area contributed by atoms with Crippen LogP contribution in [0.25, 0.3) is 0 Å². The zero-order chi connectivity index (χ0) is 36.2. The van der Waals surface area contributed by atoms with Gasteiger partial charge < -0.3 is 15.3 Å². The monoisotopic (exact) mass is 659 g/mol. The topological polar surface area (TPSA) is 61.0 Å². The van der Waals surface area contributed by atoms with E-state index in [1.165, 1.54) is 72.0 Å². The second-order valence-corrected chi connectivity index (χ2v) is 13.5. The van der Waals surface area contributed by atoms with E-state index in [-0.39, 0.29) is 12.1 Å². The van der Waals surface area contributed by atoms with E-state index in [2.05, 4.69) is 134 Å². The molecule has 1 aliphatic rings. The predicted octanol–water partition coefficient (Wildman–Crippen LogP) is 13.5. The Morgan fingerprint density at radius 1 is 0.681 bits per heavy atom. The van der Waals surface area contributed by atoms with Gasteiger partial charge >= 0.3 is 0 Å². The van der Waals surface area contributed by atoms with Crippen LogP contribution in [0.5, 0.6) is 0 Å². The van der Waals surface area contributed by atoms with Crippen molar-refractivity contribution in [3.05, 3.63) is 95.2 Å². The molecule has 0 aliphatic carbocycles. The molecule has 1 atom stereocenters. The van der Waals surface area contributed by atoms with Gasteiger partial charge in [0.1, 0.15) is 0 Å². The van der Waals surface area contributed by atoms with Crippen LogP contribution >= 0.6 is 0 Å². The van der Waals surface area contributed by atoms with Crippen molar-refractivity contribution in [1.29, 1.82) is 0 Å². The highest BCUT2D eigenvalue weighted by molar-refractivity contribution is 5.15. The lowest BCUT2D eigenvalue weighted by Gasteiger charge is -2.08. The minimum Gasteiger partial charge on any atom is -0.412 e. The van der Waals surface area contributed by atoms with Gasteiger partial charge in [0.2, 0.25) is 0 Å². The molecule has 1 saturated heterocycles. The molecule has 0 spiro atoms. The summed E-state index contributed by atoms with van der Waals surface area (Å²) < 4.78 is 4.94. The molecular weight excluding hydrogens is 576 g/mol. The van der Waals surface area contributed by atoms with E-state index in [1.807, 2.05) is 18.2 Å². The van der Waals surface area contributed by atoms with Crippen molar-refractivity contribution >= 4 is 0 Å². The second-order valence-electron chi connectivity index (χ2n) is 13.5. The predicted molar refractivity (Wildman–Crippen MR) is 217 cm³/mol. The maximum atomic E-state index is 8.55. The average molecular weight is 659 g/mol. The first-order valence-electron chi connectivity index (χ1n) is 18.0. The molecule has 1 unspecified atom stereocenters. The fraction of sp³-hybridized carbons (Fsp3) is 0.636. The number of aliphatic hydroxyl groups is 1. The Labute approximate surface area is 295 Å². The molecule has 3 N–H and O–H groups in total. The van der Waals surface area contributed by atoms with Gasteiger partial charge in [-0.25, -0.2) is 0 Å². The molecule has 0 bridgehead atoms. The summed E-state index contributed by atoms with van der Waals surface area (Å²) in [6.07, 6.45) is 28.9. The van der Waals surface area contributed by atoms with Crippen LogP contribution < -0.4 is 0 Å². The highest BCUT2D eigenvalue weighted by Gasteiger charge is 1.99. The van der Waals surface area contributed by atoms with E-state index in [0.717, 1.165) is 50.7 Å². The number of hydrogen-bond acceptors (Lipinski definition) is 2. The number of aliphatic hydroxyl groups excluding tert-OH is 1. The lowest BCUT2D eigenvalue weighted by molar-refractivity contribution is 0.198. The van der Waals surface area contributed by atoms with Crippen molar-refractivity contribution in [3.63, 3.8) is 0 Å². The van der Waals surface area contributed by atoms with E-state index < -0.39 is 0 Å². The summed E-state index contributed by atoms with van der Waals surface area (Å²) in [6, 6.07) is 0. The minimum absolute atomic E-state index is 0. The van der Waals surface area contributed by atoms with Gasteiger partial charge in [0.15, 0.2) is 0 Å². The summed E-state index contributed by atoms with van der Waals surface area (Å²) in [7, 11) is 0. The van der Waals surface area contributed by atoms with Gasteiger partial charge in [0, 0.05) is 13.2 Å². The minimum atomic E-state index is 0. The van der Waals surface area contributed by atoms with Crippen LogP contribution in [0.2, 0.25) is 0 Å². The van der Waals surface area contributed by atoms with E-state index in [1.54, 1.807) is 0 Å². The third-order valence-corrected chi connectivity index (χ3v) is 7.11. The molecule has 0 amide bonds. The molecule has 0 aromatic rings. The summed E-state index contributed by atoms with van der Waals surface area (Å²) in [5, 5.41) is 8.55. The summed E-state index contributed by atoms with van der Waals surface area (Å²) in [6.45, 7) is 37.5. The van der Waals surface area contributed by atoms with Gasteiger partial charge in [0.25, 0.3) is 0 Å². The smallest absolute Gasteiger partial charge is 0.0614 e. The molecular formula is C44H82O3. The highest BCUT2D eigenvalue weighted by Crippen LogP contribution is 2.14. The molecule has 3 nitrogen and oxygen atoms in total. The summed E-state index contributed by atoms with van der Waals surface area (Å²) in [4.78, 5) is 0. The molecule has 1 heterocycles. The largest absolute Gasteiger partial charge is 0.412 e. The van der Waals surface area contributed by atoms with Crippen molar-refractivity contribution < 1.29 is 15.3 Å². The molecule has 0 aromatic heterocycles. The first-order chi connectivity index (χ1) is 21.7. The maximum Gasteiger partial charge on any atom is 0.0614 e. The molecule has 0 aromatic carbocycles. The van der Waals surface area contributed by atoms with Crippen LogP contribution in [-0.2, 0) is 4.74 Å². The molecule has 1 fully saturated rings. The van der Waals surface area contributed by atoms with E-state index in [9.17, 15) is 0 Å². The van der Waals surface area contributed by atoms with E-state index in [4.69, 9.17) is 9.84 Å². The lowest BCUT2D eigenvalue weighted by Crippen LogP contribution is -1.94. The number of rotatable bonds is 15. The van der Waals surface area contributed by atoms with Gasteiger partial charge in [-0.1, -0.05) is 149 Å². The Bertz CT molecular complexity index is 829. The quantitative estimate of drug-likeness (QED) is 0.141. The molecule has 0 radical (unpaired) electrons. The van der Waals surface area contributed by atoms with Crippen LogP contribution in [0.1, 0.15) is 154 Å². The Balaban J connectivity index is -0.000000158. The zero-order valence-electron chi connectivity index (χ0n) is 33.7. The molecule has 276 valence electrons. The Morgan fingerprint density at radius 3 is 1.43 bits per heavy atom. The van der Waals surface area contributed by atoms with Gasteiger partial charge in [-0.15, -0.1) is 0 Å². The number of allylic oxidation sites excluding steroid dienone is 13. The number of hydrogen-bond donors (Lipinski definition) is 1. The first-order valence-corrected chi connectivity index (χ1v) is 18.0. The third-order valence-electron chi connectivity index (χ3n) is 7.11. The summed E-state index contributed by atoms with van der Waals surface area (Å²) in [5.74, 6) is 1.84. The van der Waals surface area contributed by atoms with Crippen molar-refractivity contribution in [2.75, 3.05) is 19.8 Å². The molecule has 1 rings (SSSR count). The molecule has 0 saturated carbocycles. The normalized spacial score (nSPS) is 12.9. The SMILES string of the molecule is C1CCOC1.C=C/C(C)=C/CC=C(C)C.C=C/C(C)=C/CC=C(C)C.CC(C)=CCC/C(C)=C/CO.CCC(C)CCCC(C)C.O. The zero-order valence-corrected chi connectivity index (χ0v) is 33.7. The Morgan fingerprint density at radius 2 is 1.13 bits per heavy atom. The molecule has 3 heteroatoms. The van der Waals surface area contributed by atoms with Gasteiger partial charge in [-0.05, 0) is 113 Å². The van der Waals surface area contributed by atoms with Gasteiger partial charge in [-0.3, -0.25) is 0 Å². The van der Waals surface area contributed by atoms with Crippen LogP contribution in [0.3, 0.4) is 0 Å². The van der Waals surface area contributed by atoms with Crippen molar-refractivity contribution in [2.45, 2.75) is 154 Å². The Hall–Kier alpha value is -2.20. The fourth-order valence-electron chi connectivity index (χ4n) is 3.56. The van der Waals surface area contributed by atoms with Crippen LogP contribution in [-0.4, -0.2) is 30.4 Å². The third kappa shape index (κ3) is 59.7. The lowest BCUT2D eigenvalue weighted by atomic mass is 9.98. The highest BCUT2D eigenvalue weighted by atomic mass is 16.5. The van der Waals surface area contributed by atoms with E-state index >= 15 is 0 Å². The van der Waals surface area contributed by atoms with Crippen molar-refractivity contribution in [2.24, 2.45) is 11.8 Å². The molecule has 1 aliphatic heterocycles. The number of ether oxygens (including phenoxy) is 1. The van der Waals surface area contributed by atoms with Crippen LogP contribution in [0.4, 0.5) is 0 Å². The summed E-state index contributed by atoms with van der Waals surface area (Å²) in [5.41, 5.74) is 7.86. The first kappa shape index (κ1) is 54.3. The fourth-order valence-corrected chi connectivity index (χ4v) is 3.56. The van der Waals surface area contributed by atoms with Crippen molar-refractivity contribution in [3.8, 4) is 0 Å². The van der Waals surface area contributed by atoms with Gasteiger partial charge in [-0.2, -0.15) is 0 Å². The van der Waals surface area contributed by atoms with Crippen molar-refractivity contribution in [1.82, 2.24) is 0 Å². The van der Waals surface area contributed by atoms with E-state index in [0.29, 0.717) is 0 Å². The van der Waals surface area contributed by atoms with Crippen LogP contribution in [0.15, 0.2) is 95.2 Å². The van der Waals surface area contributed by atoms with Crippen LogP contribution in [0, 0.1) is 11.8 Å². The van der Waals surface area contributed by atoms with Gasteiger partial charge in [0.05, 0.1) is 6.61 Å². The maximum absolute atomic E-state index is 8.55. The second kappa shape index (κ2) is 41.8. The standard InChI is InChI=1S/C10H18O.C10H22.2C10H16.C4H8O.H2O/c1-9(2)5-4-6-10(3)7-8-11;3*1-5-10(4)8-6-7-9(2)3;1-2-4-5-3-1;/h5,7,11H,4,6,8H2,1-3H3;9-10H,5-8H2,1-4H3;2*5,7-8H,1,6H2,2-4H3;1-4H2;1H2/b10-7+;;2*10-8+;;. The summed E-state index contributed by atoms with van der Waals surface area (Å²) >= 11 is 0. The average Bonchev–Trinajstić information content (AvgIpc) is 3.58.